The van der Waals surface area contributed by atoms with E-state index in [1.165, 1.54) is 0 Å². The van der Waals surface area contributed by atoms with Crippen molar-refractivity contribution in [2.24, 2.45) is 5.92 Å². The van der Waals surface area contributed by atoms with E-state index < -0.39 is 0 Å². The van der Waals surface area contributed by atoms with Gasteiger partial charge >= 0.3 is 0 Å². The average Bonchev–Trinajstić information content (AvgIpc) is 2.35. The number of rotatable bonds is 0. The van der Waals surface area contributed by atoms with Gasteiger partial charge in [0.1, 0.15) is 0 Å². The molecule has 2 aliphatic rings. The zero-order valence-electron chi connectivity index (χ0n) is 6.12. The topological polar surface area (TPSA) is 18.5 Å². The third kappa shape index (κ3) is 1.45. The maximum absolute atomic E-state index is 5.41. The van der Waals surface area contributed by atoms with Gasteiger partial charge in [0, 0.05) is 45.2 Å². The van der Waals surface area contributed by atoms with E-state index in [2.05, 4.69) is 13.3 Å². The third-order valence-electron chi connectivity index (χ3n) is 2.05. The summed E-state index contributed by atoms with van der Waals surface area (Å²) in [6.45, 7) is 3.81. The van der Waals surface area contributed by atoms with Crippen LogP contribution in [0.25, 0.3) is 0 Å². The van der Waals surface area contributed by atoms with Crippen LogP contribution in [0.15, 0.2) is 0 Å². The zero-order valence-corrected chi connectivity index (χ0v) is 8.96. The standard InChI is InChI=1S/C7H11O2.Y/c1-5-4-9-6-2-3-8-7(5)6;/h2,5-7H,3-4H2,1H3;/q-1;. The van der Waals surface area contributed by atoms with Gasteiger partial charge in [-0.1, -0.05) is 13.5 Å². The van der Waals surface area contributed by atoms with E-state index in [1.807, 2.05) is 0 Å². The third-order valence-corrected chi connectivity index (χ3v) is 2.05. The molecule has 2 aliphatic heterocycles. The normalized spacial score (nSPS) is 44.7. The fraction of sp³-hybridized carbons (Fsp3) is 0.857. The Morgan fingerprint density at radius 2 is 2.20 bits per heavy atom. The van der Waals surface area contributed by atoms with E-state index in [0.29, 0.717) is 18.1 Å². The first-order valence-corrected chi connectivity index (χ1v) is 3.44. The monoisotopic (exact) mass is 216 g/mol. The molecule has 3 atom stereocenters. The molecule has 0 saturated carbocycles. The molecule has 55 valence electrons. The molecular weight excluding hydrogens is 205 g/mol. The van der Waals surface area contributed by atoms with E-state index >= 15 is 0 Å². The van der Waals surface area contributed by atoms with Gasteiger partial charge in [-0.25, -0.2) is 0 Å². The summed E-state index contributed by atoms with van der Waals surface area (Å²) < 4.78 is 10.8. The molecule has 10 heavy (non-hydrogen) atoms. The molecule has 0 aliphatic carbocycles. The summed E-state index contributed by atoms with van der Waals surface area (Å²) in [6.07, 6.45) is 2.78. The van der Waals surface area contributed by atoms with Gasteiger partial charge in [-0.2, -0.15) is 0 Å². The Morgan fingerprint density at radius 3 is 2.90 bits per heavy atom. The molecule has 0 amide bonds. The maximum atomic E-state index is 5.41. The first kappa shape index (κ1) is 9.11. The van der Waals surface area contributed by atoms with Gasteiger partial charge in [-0.05, 0) is 6.10 Å². The van der Waals surface area contributed by atoms with Crippen LogP contribution in [0.1, 0.15) is 6.92 Å². The Labute approximate surface area is 86.5 Å². The average molecular weight is 216 g/mol. The first-order chi connectivity index (χ1) is 4.38. The van der Waals surface area contributed by atoms with E-state index in [1.54, 1.807) is 0 Å². The minimum atomic E-state index is 0. The predicted octanol–water partition coefficient (Wildman–Crippen LogP) is 0.622. The van der Waals surface area contributed by atoms with Crippen LogP contribution in [-0.2, 0) is 42.2 Å². The van der Waals surface area contributed by atoms with Crippen molar-refractivity contribution in [2.75, 3.05) is 13.2 Å². The molecule has 0 N–H and O–H groups in total. The molecule has 2 rings (SSSR count). The summed E-state index contributed by atoms with van der Waals surface area (Å²) >= 11 is 0. The number of ether oxygens (including phenoxy) is 2. The molecule has 0 spiro atoms. The van der Waals surface area contributed by atoms with Crippen LogP contribution in [0.4, 0.5) is 0 Å². The van der Waals surface area contributed by atoms with E-state index in [0.717, 1.165) is 13.2 Å². The molecule has 1 radical (unpaired) electrons. The fourth-order valence-electron chi connectivity index (χ4n) is 1.50. The van der Waals surface area contributed by atoms with Gasteiger partial charge in [0.15, 0.2) is 0 Å². The van der Waals surface area contributed by atoms with E-state index in [-0.39, 0.29) is 32.7 Å². The molecule has 3 unspecified atom stereocenters. The van der Waals surface area contributed by atoms with Gasteiger partial charge in [-0.3, -0.25) is 6.42 Å². The summed E-state index contributed by atoms with van der Waals surface area (Å²) in [7, 11) is 0. The summed E-state index contributed by atoms with van der Waals surface area (Å²) in [6, 6.07) is 0. The molecule has 0 aromatic heterocycles. The molecular formula is C7H11O2Y-. The Kier molecular flexibility index (Phi) is 3.30. The molecule has 2 fully saturated rings. The summed E-state index contributed by atoms with van der Waals surface area (Å²) in [4.78, 5) is 0. The van der Waals surface area contributed by atoms with Gasteiger partial charge in [0.05, 0.1) is 6.10 Å². The van der Waals surface area contributed by atoms with Gasteiger partial charge in [-0.15, -0.1) is 0 Å². The number of hydrogen-bond acceptors (Lipinski definition) is 2. The van der Waals surface area contributed by atoms with Crippen LogP contribution < -0.4 is 0 Å². The number of hydrogen-bond donors (Lipinski definition) is 0. The maximum Gasteiger partial charge on any atom is 0.0570 e. The predicted molar refractivity (Wildman–Crippen MR) is 32.9 cm³/mol. The summed E-state index contributed by atoms with van der Waals surface area (Å²) in [5.41, 5.74) is 0. The van der Waals surface area contributed by atoms with E-state index in [9.17, 15) is 0 Å². The number of fused-ring (bicyclic) bond motifs is 1. The second kappa shape index (κ2) is 3.62. The Hall–Kier alpha value is 1.02. The molecule has 0 aromatic carbocycles. The Bertz CT molecular complexity index is 118. The van der Waals surface area contributed by atoms with Crippen LogP contribution in [0, 0.1) is 12.3 Å². The zero-order chi connectivity index (χ0) is 6.27. The molecule has 2 nitrogen and oxygen atoms in total. The summed E-state index contributed by atoms with van der Waals surface area (Å²) in [5, 5.41) is 0. The van der Waals surface area contributed by atoms with Crippen molar-refractivity contribution in [1.82, 2.24) is 0 Å². The Balaban J connectivity index is 0.000000500. The van der Waals surface area contributed by atoms with Crippen molar-refractivity contribution in [3.63, 3.8) is 0 Å². The van der Waals surface area contributed by atoms with Crippen LogP contribution in [0.2, 0.25) is 0 Å². The van der Waals surface area contributed by atoms with Crippen LogP contribution >= 0.6 is 0 Å². The molecule has 0 aromatic rings. The van der Waals surface area contributed by atoms with Crippen molar-refractivity contribution in [2.45, 2.75) is 19.1 Å². The fourth-order valence-corrected chi connectivity index (χ4v) is 1.50. The molecule has 0 bridgehead atoms. The van der Waals surface area contributed by atoms with E-state index in [4.69, 9.17) is 9.47 Å². The second-order valence-electron chi connectivity index (χ2n) is 2.81. The Morgan fingerprint density at radius 1 is 1.40 bits per heavy atom. The SMILES string of the molecule is CC1COC2[CH-]COC12.[Y]. The second-order valence-corrected chi connectivity index (χ2v) is 2.81. The van der Waals surface area contributed by atoms with Crippen LogP contribution in [0.3, 0.4) is 0 Å². The minimum absolute atomic E-state index is 0. The van der Waals surface area contributed by atoms with Crippen molar-refractivity contribution >= 4 is 0 Å². The van der Waals surface area contributed by atoms with Gasteiger partial charge < -0.3 is 9.47 Å². The van der Waals surface area contributed by atoms with Crippen LogP contribution in [0.5, 0.6) is 0 Å². The summed E-state index contributed by atoms with van der Waals surface area (Å²) in [5.74, 6) is 0.591. The minimum Gasteiger partial charge on any atom is -0.410 e. The van der Waals surface area contributed by atoms with Gasteiger partial charge in [0.25, 0.3) is 0 Å². The quantitative estimate of drug-likeness (QED) is 0.552. The largest absolute Gasteiger partial charge is 0.410 e. The molecule has 2 heterocycles. The van der Waals surface area contributed by atoms with Crippen molar-refractivity contribution in [1.29, 1.82) is 0 Å². The molecule has 3 heteroatoms. The van der Waals surface area contributed by atoms with Crippen molar-refractivity contribution < 1.29 is 42.2 Å². The smallest absolute Gasteiger partial charge is 0.0570 e. The molecule has 2 saturated heterocycles. The van der Waals surface area contributed by atoms with Crippen molar-refractivity contribution in [3.8, 4) is 0 Å². The van der Waals surface area contributed by atoms with Crippen molar-refractivity contribution in [3.05, 3.63) is 6.42 Å². The van der Waals surface area contributed by atoms with Crippen LogP contribution in [-0.4, -0.2) is 25.4 Å². The van der Waals surface area contributed by atoms with Gasteiger partial charge in [0.2, 0.25) is 0 Å². The first-order valence-electron chi connectivity index (χ1n) is 3.44.